The van der Waals surface area contributed by atoms with Gasteiger partial charge < -0.3 is 15.5 Å². The molecule has 0 bridgehead atoms. The van der Waals surface area contributed by atoms with Gasteiger partial charge in [-0.05, 0) is 55.7 Å². The first-order chi connectivity index (χ1) is 13.4. The zero-order valence-electron chi connectivity index (χ0n) is 16.1. The van der Waals surface area contributed by atoms with Gasteiger partial charge in [-0.2, -0.15) is 0 Å². The molecule has 2 aromatic rings. The second-order valence-electron chi connectivity index (χ2n) is 6.20. The number of halogens is 1. The van der Waals surface area contributed by atoms with Crippen molar-refractivity contribution in [3.63, 3.8) is 0 Å². The average molecular weight is 446 g/mol. The van der Waals surface area contributed by atoms with E-state index in [1.54, 1.807) is 13.0 Å². The number of ether oxygens (including phenoxy) is 1. The van der Waals surface area contributed by atoms with E-state index < -0.39 is 0 Å². The molecule has 2 aromatic carbocycles. The lowest BCUT2D eigenvalue weighted by Crippen LogP contribution is -2.39. The van der Waals surface area contributed by atoms with Crippen molar-refractivity contribution in [2.45, 2.75) is 27.2 Å². The van der Waals surface area contributed by atoms with Crippen molar-refractivity contribution in [3.05, 3.63) is 69.8 Å². The number of hydrogen-bond donors (Lipinski definition) is 3. The van der Waals surface area contributed by atoms with Crippen LogP contribution >= 0.6 is 15.9 Å². The van der Waals surface area contributed by atoms with Crippen molar-refractivity contribution in [1.82, 2.24) is 10.9 Å². The van der Waals surface area contributed by atoms with Gasteiger partial charge in [-0.3, -0.25) is 15.0 Å². The average Bonchev–Trinajstić information content (AvgIpc) is 2.66. The van der Waals surface area contributed by atoms with Gasteiger partial charge in [0.25, 0.3) is 5.91 Å². The lowest BCUT2D eigenvalue weighted by molar-refractivity contribution is -0.124. The zero-order valence-corrected chi connectivity index (χ0v) is 17.7. The molecule has 0 heterocycles. The number of carbonyl (C=O) groups is 2. The Morgan fingerprint density at radius 2 is 1.89 bits per heavy atom. The number of allylic oxidation sites excluding steroid dienone is 1. The third-order valence-electron chi connectivity index (χ3n) is 3.90. The van der Waals surface area contributed by atoms with Crippen molar-refractivity contribution in [3.8, 4) is 5.75 Å². The maximum atomic E-state index is 12.1. The fraction of sp³-hybridized carbons (Fsp3) is 0.238. The number of carbonyl (C=O) groups excluding carboxylic acids is 2. The molecule has 148 valence electrons. The Kier molecular flexibility index (Phi) is 8.07. The molecule has 2 rings (SSSR count). The van der Waals surface area contributed by atoms with E-state index in [1.807, 2.05) is 50.2 Å². The minimum atomic E-state index is -0.355. The first-order valence-corrected chi connectivity index (χ1v) is 9.69. The lowest BCUT2D eigenvalue weighted by atomic mass is 10.1. The number of aryl methyl sites for hydroxylation is 2. The summed E-state index contributed by atoms with van der Waals surface area (Å²) < 4.78 is 6.45. The SMILES string of the molecule is CCc1ccccc1NC(=O)C=C(C)NNC(=O)COc1ccc(Br)cc1C. The Bertz CT molecular complexity index is 881. The summed E-state index contributed by atoms with van der Waals surface area (Å²) in [6.45, 7) is 5.48. The normalized spacial score (nSPS) is 10.9. The van der Waals surface area contributed by atoms with E-state index in [0.29, 0.717) is 11.4 Å². The van der Waals surface area contributed by atoms with E-state index >= 15 is 0 Å². The molecule has 0 fully saturated rings. The van der Waals surface area contributed by atoms with Crippen LogP contribution in [0.1, 0.15) is 25.0 Å². The highest BCUT2D eigenvalue weighted by Crippen LogP contribution is 2.22. The Morgan fingerprint density at radius 1 is 1.14 bits per heavy atom. The predicted octanol–water partition coefficient (Wildman–Crippen LogP) is 3.86. The molecule has 7 heteroatoms. The van der Waals surface area contributed by atoms with Gasteiger partial charge in [0.05, 0.1) is 0 Å². The van der Waals surface area contributed by atoms with Crippen molar-refractivity contribution in [2.24, 2.45) is 0 Å². The fourth-order valence-corrected chi connectivity index (χ4v) is 2.95. The van der Waals surface area contributed by atoms with Gasteiger partial charge in [0.15, 0.2) is 6.61 Å². The molecule has 0 aliphatic heterocycles. The summed E-state index contributed by atoms with van der Waals surface area (Å²) in [6, 6.07) is 13.2. The monoisotopic (exact) mass is 445 g/mol. The van der Waals surface area contributed by atoms with Gasteiger partial charge in [-0.15, -0.1) is 0 Å². The summed E-state index contributed by atoms with van der Waals surface area (Å²) in [5.41, 5.74) is 8.47. The standard InChI is InChI=1S/C21H24BrN3O3/c1-4-16-7-5-6-8-18(16)23-20(26)12-15(3)24-25-21(27)13-28-19-10-9-17(22)11-14(19)2/h5-12,24H,4,13H2,1-3H3,(H,23,26)(H,25,27). The number of anilines is 1. The van der Waals surface area contributed by atoms with Crippen LogP contribution in [-0.2, 0) is 16.0 Å². The van der Waals surface area contributed by atoms with Crippen LogP contribution in [0.25, 0.3) is 0 Å². The summed E-state index contributed by atoms with van der Waals surface area (Å²) >= 11 is 3.38. The van der Waals surface area contributed by atoms with Crippen molar-refractivity contribution in [1.29, 1.82) is 0 Å². The molecule has 6 nitrogen and oxygen atoms in total. The van der Waals surface area contributed by atoms with Crippen LogP contribution in [0.3, 0.4) is 0 Å². The molecule has 0 saturated carbocycles. The zero-order chi connectivity index (χ0) is 20.5. The third kappa shape index (κ3) is 6.74. The molecule has 0 aromatic heterocycles. The number of benzene rings is 2. The van der Waals surface area contributed by atoms with Crippen LogP contribution in [0.5, 0.6) is 5.75 Å². The molecule has 0 atom stereocenters. The Labute approximate surface area is 173 Å². The number of nitrogens with one attached hydrogen (secondary N) is 3. The van der Waals surface area contributed by atoms with E-state index in [-0.39, 0.29) is 18.4 Å². The molecular weight excluding hydrogens is 422 g/mol. The maximum Gasteiger partial charge on any atom is 0.276 e. The Morgan fingerprint density at radius 3 is 2.61 bits per heavy atom. The largest absolute Gasteiger partial charge is 0.483 e. The lowest BCUT2D eigenvalue weighted by Gasteiger charge is -2.12. The Balaban J connectivity index is 1.80. The quantitative estimate of drug-likeness (QED) is 0.425. The van der Waals surface area contributed by atoms with Crippen LogP contribution in [0.4, 0.5) is 5.69 Å². The number of rotatable bonds is 8. The minimum Gasteiger partial charge on any atom is -0.483 e. The fourth-order valence-electron chi connectivity index (χ4n) is 2.47. The van der Waals surface area contributed by atoms with Crippen molar-refractivity contribution < 1.29 is 14.3 Å². The molecule has 0 unspecified atom stereocenters. The van der Waals surface area contributed by atoms with Gasteiger partial charge in [0.1, 0.15) is 5.75 Å². The van der Waals surface area contributed by atoms with E-state index in [4.69, 9.17) is 4.74 Å². The van der Waals surface area contributed by atoms with Gasteiger partial charge >= 0.3 is 0 Å². The second kappa shape index (κ2) is 10.5. The number of amides is 2. The molecule has 0 spiro atoms. The first-order valence-electron chi connectivity index (χ1n) is 8.90. The van der Waals surface area contributed by atoms with Gasteiger partial charge in [-0.25, -0.2) is 0 Å². The molecule has 2 amide bonds. The van der Waals surface area contributed by atoms with Crippen LogP contribution in [0.2, 0.25) is 0 Å². The maximum absolute atomic E-state index is 12.1. The van der Waals surface area contributed by atoms with E-state index in [2.05, 4.69) is 32.1 Å². The molecule has 3 N–H and O–H groups in total. The highest BCUT2D eigenvalue weighted by atomic mass is 79.9. The third-order valence-corrected chi connectivity index (χ3v) is 4.39. The van der Waals surface area contributed by atoms with E-state index in [0.717, 1.165) is 27.7 Å². The molecule has 28 heavy (non-hydrogen) atoms. The summed E-state index contributed by atoms with van der Waals surface area (Å²) in [7, 11) is 0. The Hall–Kier alpha value is -2.80. The van der Waals surface area contributed by atoms with Gasteiger partial charge in [-0.1, -0.05) is 41.1 Å². The van der Waals surface area contributed by atoms with E-state index in [1.165, 1.54) is 6.08 Å². The number of hydrogen-bond acceptors (Lipinski definition) is 4. The minimum absolute atomic E-state index is 0.140. The van der Waals surface area contributed by atoms with Crippen LogP contribution in [0, 0.1) is 6.92 Å². The summed E-state index contributed by atoms with van der Waals surface area (Å²) in [6.07, 6.45) is 2.21. The topological polar surface area (TPSA) is 79.5 Å². The number of para-hydroxylation sites is 1. The smallest absolute Gasteiger partial charge is 0.276 e. The first kappa shape index (κ1) is 21.5. The van der Waals surface area contributed by atoms with Crippen LogP contribution in [-0.4, -0.2) is 18.4 Å². The molecular formula is C21H24BrN3O3. The summed E-state index contributed by atoms with van der Waals surface area (Å²) in [5.74, 6) is 0.00766. The predicted molar refractivity (Wildman–Crippen MR) is 114 cm³/mol. The van der Waals surface area contributed by atoms with Gasteiger partial charge in [0, 0.05) is 21.9 Å². The molecule has 0 saturated heterocycles. The van der Waals surface area contributed by atoms with Crippen molar-refractivity contribution >= 4 is 33.4 Å². The van der Waals surface area contributed by atoms with Crippen LogP contribution in [0.15, 0.2) is 58.7 Å². The molecule has 0 radical (unpaired) electrons. The van der Waals surface area contributed by atoms with E-state index in [9.17, 15) is 9.59 Å². The van der Waals surface area contributed by atoms with Crippen molar-refractivity contribution in [2.75, 3.05) is 11.9 Å². The molecule has 0 aliphatic rings. The molecule has 0 aliphatic carbocycles. The highest BCUT2D eigenvalue weighted by molar-refractivity contribution is 9.10. The summed E-state index contributed by atoms with van der Waals surface area (Å²) in [4.78, 5) is 24.1. The van der Waals surface area contributed by atoms with Crippen LogP contribution < -0.4 is 20.9 Å². The second-order valence-corrected chi connectivity index (χ2v) is 7.11. The number of hydrazine groups is 1. The highest BCUT2D eigenvalue weighted by Gasteiger charge is 2.06. The van der Waals surface area contributed by atoms with Gasteiger partial charge in [0.2, 0.25) is 5.91 Å². The summed E-state index contributed by atoms with van der Waals surface area (Å²) in [5, 5.41) is 2.84.